The fourth-order valence-electron chi connectivity index (χ4n) is 1.01. The van der Waals surface area contributed by atoms with Crippen molar-refractivity contribution in [1.82, 2.24) is 10.1 Å². The number of hydrogen-bond donors (Lipinski definition) is 2. The number of nitrogen functional groups attached to an aromatic ring is 1. The van der Waals surface area contributed by atoms with E-state index in [0.29, 0.717) is 11.4 Å². The van der Waals surface area contributed by atoms with Crippen molar-refractivity contribution in [2.24, 2.45) is 0 Å². The highest BCUT2D eigenvalue weighted by molar-refractivity contribution is 5.55. The van der Waals surface area contributed by atoms with Crippen molar-refractivity contribution in [3.05, 3.63) is 34.6 Å². The minimum Gasteiger partial charge on any atom is -0.368 e. The van der Waals surface area contributed by atoms with E-state index in [1.807, 2.05) is 0 Å². The molecule has 0 amide bonds. The summed E-state index contributed by atoms with van der Waals surface area (Å²) in [6.07, 6.45) is 0. The van der Waals surface area contributed by atoms with E-state index in [1.165, 1.54) is 6.07 Å². The Hall–Kier alpha value is -2.04. The quantitative estimate of drug-likeness (QED) is 0.668. The number of nitrogens with one attached hydrogen (secondary N) is 1. The van der Waals surface area contributed by atoms with E-state index in [-0.39, 0.29) is 11.4 Å². The van der Waals surface area contributed by atoms with E-state index >= 15 is 0 Å². The highest BCUT2D eigenvalue weighted by Crippen LogP contribution is 2.15. The Balaban J connectivity index is 2.52. The highest BCUT2D eigenvalue weighted by Gasteiger charge is 2.03. The van der Waals surface area contributed by atoms with Gasteiger partial charge in [-0.2, -0.15) is 0 Å². The van der Waals surface area contributed by atoms with Crippen LogP contribution in [0.5, 0.6) is 0 Å². The Labute approximate surface area is 73.2 Å². The lowest BCUT2D eigenvalue weighted by Crippen LogP contribution is -2.03. The average molecular weight is 177 g/mol. The molecule has 2 rings (SSSR count). The van der Waals surface area contributed by atoms with Crippen molar-refractivity contribution in [2.45, 2.75) is 0 Å². The normalized spacial score (nSPS) is 10.2. The van der Waals surface area contributed by atoms with Gasteiger partial charge in [-0.3, -0.25) is 4.79 Å². The molecule has 5 nitrogen and oxygen atoms in total. The Morgan fingerprint density at radius 2 is 2.31 bits per heavy atom. The number of aromatic amines is 1. The maximum atomic E-state index is 10.9. The number of pyridine rings is 1. The van der Waals surface area contributed by atoms with Gasteiger partial charge in [-0.15, -0.1) is 0 Å². The second-order valence-electron chi connectivity index (χ2n) is 2.54. The molecule has 0 bridgehead atoms. The van der Waals surface area contributed by atoms with Gasteiger partial charge in [0, 0.05) is 12.1 Å². The lowest BCUT2D eigenvalue weighted by atomic mass is 10.3. The molecule has 5 heteroatoms. The van der Waals surface area contributed by atoms with Crippen LogP contribution in [0.2, 0.25) is 0 Å². The lowest BCUT2D eigenvalue weighted by molar-refractivity contribution is 0.439. The number of hydrogen-bond acceptors (Lipinski definition) is 4. The summed E-state index contributed by atoms with van der Waals surface area (Å²) in [6, 6.07) is 6.33. The van der Waals surface area contributed by atoms with Gasteiger partial charge in [-0.25, -0.2) is 0 Å². The van der Waals surface area contributed by atoms with Gasteiger partial charge in [-0.05, 0) is 6.07 Å². The van der Waals surface area contributed by atoms with Gasteiger partial charge in [-0.1, -0.05) is 11.2 Å². The number of H-pyrrole nitrogens is 1. The zero-order valence-electron chi connectivity index (χ0n) is 6.65. The molecule has 13 heavy (non-hydrogen) atoms. The molecule has 0 atom stereocenters. The van der Waals surface area contributed by atoms with Gasteiger partial charge >= 0.3 is 0 Å². The van der Waals surface area contributed by atoms with Crippen LogP contribution < -0.4 is 11.3 Å². The van der Waals surface area contributed by atoms with Crippen molar-refractivity contribution < 1.29 is 4.52 Å². The Kier molecular flexibility index (Phi) is 1.63. The monoisotopic (exact) mass is 177 g/mol. The fraction of sp³-hybridized carbons (Fsp3) is 0. The van der Waals surface area contributed by atoms with Crippen LogP contribution in [0.3, 0.4) is 0 Å². The van der Waals surface area contributed by atoms with Crippen LogP contribution in [0.15, 0.2) is 33.6 Å². The van der Waals surface area contributed by atoms with E-state index in [0.717, 1.165) is 0 Å². The number of aromatic nitrogens is 2. The maximum absolute atomic E-state index is 10.9. The van der Waals surface area contributed by atoms with E-state index < -0.39 is 0 Å². The third kappa shape index (κ3) is 1.44. The minimum absolute atomic E-state index is 0.181. The van der Waals surface area contributed by atoms with Crippen LogP contribution in [-0.2, 0) is 0 Å². The molecular weight excluding hydrogens is 170 g/mol. The SMILES string of the molecule is Nc1cc(-c2cccc(=O)[nH]2)no1. The standard InChI is InChI=1S/C8H7N3O2/c9-7-4-6(11-13-7)5-2-1-3-8(12)10-5/h1-4H,9H2,(H,10,12). The van der Waals surface area contributed by atoms with Gasteiger partial charge in [0.15, 0.2) is 0 Å². The minimum atomic E-state index is -0.181. The first-order valence-electron chi connectivity index (χ1n) is 3.67. The summed E-state index contributed by atoms with van der Waals surface area (Å²) >= 11 is 0. The van der Waals surface area contributed by atoms with Gasteiger partial charge in [0.1, 0.15) is 5.69 Å². The summed E-state index contributed by atoms with van der Waals surface area (Å²) in [5, 5.41) is 3.66. The van der Waals surface area contributed by atoms with Crippen LogP contribution in [0, 0.1) is 0 Å². The third-order valence-electron chi connectivity index (χ3n) is 1.57. The second kappa shape index (κ2) is 2.78. The molecule has 0 aliphatic rings. The predicted molar refractivity (Wildman–Crippen MR) is 47.0 cm³/mol. The molecule has 0 aliphatic heterocycles. The molecule has 2 aromatic rings. The predicted octanol–water partition coefficient (Wildman–Crippen LogP) is 0.612. The Morgan fingerprint density at radius 1 is 1.46 bits per heavy atom. The van der Waals surface area contributed by atoms with Gasteiger partial charge < -0.3 is 15.2 Å². The molecule has 0 radical (unpaired) electrons. The maximum Gasteiger partial charge on any atom is 0.248 e. The van der Waals surface area contributed by atoms with Gasteiger partial charge in [0.05, 0.1) is 5.69 Å². The summed E-state index contributed by atoms with van der Waals surface area (Å²) in [7, 11) is 0. The molecule has 0 fully saturated rings. The third-order valence-corrected chi connectivity index (χ3v) is 1.57. The molecule has 0 aliphatic carbocycles. The molecule has 2 heterocycles. The smallest absolute Gasteiger partial charge is 0.248 e. The lowest BCUT2D eigenvalue weighted by Gasteiger charge is -1.91. The summed E-state index contributed by atoms with van der Waals surface area (Å²) < 4.78 is 4.66. The summed E-state index contributed by atoms with van der Waals surface area (Å²) in [6.45, 7) is 0. The van der Waals surface area contributed by atoms with Crippen molar-refractivity contribution in [3.63, 3.8) is 0 Å². The van der Waals surface area contributed by atoms with Crippen molar-refractivity contribution in [3.8, 4) is 11.4 Å². The molecule has 0 aromatic carbocycles. The number of rotatable bonds is 1. The first-order chi connectivity index (χ1) is 6.25. The number of anilines is 1. The Morgan fingerprint density at radius 3 is 2.92 bits per heavy atom. The second-order valence-corrected chi connectivity index (χ2v) is 2.54. The van der Waals surface area contributed by atoms with Crippen molar-refractivity contribution >= 4 is 5.88 Å². The molecular formula is C8H7N3O2. The van der Waals surface area contributed by atoms with Crippen molar-refractivity contribution in [1.29, 1.82) is 0 Å². The van der Waals surface area contributed by atoms with Crippen LogP contribution in [0.25, 0.3) is 11.4 Å². The fourth-order valence-corrected chi connectivity index (χ4v) is 1.01. The van der Waals surface area contributed by atoms with E-state index in [9.17, 15) is 4.79 Å². The van der Waals surface area contributed by atoms with Crippen LogP contribution in [0.4, 0.5) is 5.88 Å². The molecule has 2 aromatic heterocycles. The number of nitrogens with zero attached hydrogens (tertiary/aromatic N) is 1. The average Bonchev–Trinajstić information content (AvgIpc) is 2.52. The molecule has 66 valence electrons. The van der Waals surface area contributed by atoms with Crippen LogP contribution >= 0.6 is 0 Å². The summed E-state index contributed by atoms with van der Waals surface area (Å²) in [5.74, 6) is 0.222. The van der Waals surface area contributed by atoms with E-state index in [2.05, 4.69) is 14.7 Å². The number of nitrogens with two attached hydrogens (primary N) is 1. The van der Waals surface area contributed by atoms with Gasteiger partial charge in [0.25, 0.3) is 0 Å². The largest absolute Gasteiger partial charge is 0.368 e. The summed E-state index contributed by atoms with van der Waals surface area (Å²) in [5.41, 5.74) is 6.27. The highest BCUT2D eigenvalue weighted by atomic mass is 16.5. The van der Waals surface area contributed by atoms with Gasteiger partial charge in [0.2, 0.25) is 11.4 Å². The molecule has 0 unspecified atom stereocenters. The first kappa shape index (κ1) is 7.60. The van der Waals surface area contributed by atoms with E-state index in [4.69, 9.17) is 5.73 Å². The molecule has 3 N–H and O–H groups in total. The topological polar surface area (TPSA) is 84.9 Å². The molecule has 0 saturated carbocycles. The first-order valence-corrected chi connectivity index (χ1v) is 3.67. The molecule has 0 spiro atoms. The zero-order valence-corrected chi connectivity index (χ0v) is 6.65. The Bertz CT molecular complexity index is 472. The zero-order chi connectivity index (χ0) is 9.26. The van der Waals surface area contributed by atoms with Crippen LogP contribution in [0.1, 0.15) is 0 Å². The van der Waals surface area contributed by atoms with Crippen molar-refractivity contribution in [2.75, 3.05) is 5.73 Å². The van der Waals surface area contributed by atoms with Crippen LogP contribution in [-0.4, -0.2) is 10.1 Å². The summed E-state index contributed by atoms with van der Waals surface area (Å²) in [4.78, 5) is 13.5. The van der Waals surface area contributed by atoms with E-state index in [1.54, 1.807) is 18.2 Å². The molecule has 0 saturated heterocycles.